The molecule has 1 aromatic carbocycles. The molecule has 2 aromatic rings. The van der Waals surface area contributed by atoms with Gasteiger partial charge in [-0.05, 0) is 50.6 Å². The fourth-order valence-electron chi connectivity index (χ4n) is 4.70. The van der Waals surface area contributed by atoms with Crippen molar-refractivity contribution >= 4 is 10.9 Å². The first-order chi connectivity index (χ1) is 10.3. The first kappa shape index (κ1) is 13.3. The van der Waals surface area contributed by atoms with Crippen molar-refractivity contribution < 1.29 is 0 Å². The van der Waals surface area contributed by atoms with Gasteiger partial charge in [0.2, 0.25) is 0 Å². The molecular weight excluding hydrogens is 258 g/mol. The molecule has 0 spiro atoms. The fraction of sp³-hybridized carbons (Fsp3) is 0.611. The Hall–Kier alpha value is -1.35. The molecule has 1 N–H and O–H groups in total. The van der Waals surface area contributed by atoms with Crippen LogP contribution in [0, 0.1) is 17.8 Å². The van der Waals surface area contributed by atoms with Crippen molar-refractivity contribution in [3.05, 3.63) is 30.0 Å². The molecule has 0 aliphatic heterocycles. The Bertz CT molecular complexity index is 635. The Morgan fingerprint density at radius 2 is 2.05 bits per heavy atom. The molecule has 4 rings (SSSR count). The van der Waals surface area contributed by atoms with Crippen LogP contribution in [0.5, 0.6) is 0 Å². The number of benzene rings is 1. The summed E-state index contributed by atoms with van der Waals surface area (Å²) in [4.78, 5) is 0. The van der Waals surface area contributed by atoms with Crippen molar-refractivity contribution in [1.29, 1.82) is 0 Å². The third kappa shape index (κ3) is 2.10. The van der Waals surface area contributed by atoms with E-state index in [1.165, 1.54) is 35.9 Å². The quantitative estimate of drug-likeness (QED) is 0.913. The van der Waals surface area contributed by atoms with E-state index in [2.05, 4.69) is 48.2 Å². The summed E-state index contributed by atoms with van der Waals surface area (Å²) < 4.78 is 2.14. The van der Waals surface area contributed by atoms with Crippen LogP contribution < -0.4 is 5.32 Å². The van der Waals surface area contributed by atoms with E-state index in [4.69, 9.17) is 5.10 Å². The topological polar surface area (TPSA) is 29.9 Å². The van der Waals surface area contributed by atoms with Gasteiger partial charge in [0.25, 0.3) is 0 Å². The van der Waals surface area contributed by atoms with E-state index in [-0.39, 0.29) is 0 Å². The lowest BCUT2D eigenvalue weighted by atomic mass is 9.98. The second-order valence-corrected chi connectivity index (χ2v) is 6.71. The van der Waals surface area contributed by atoms with Crippen molar-refractivity contribution in [2.75, 3.05) is 7.05 Å². The van der Waals surface area contributed by atoms with Gasteiger partial charge in [-0.3, -0.25) is 4.68 Å². The summed E-state index contributed by atoms with van der Waals surface area (Å²) >= 11 is 0. The fourth-order valence-corrected chi connectivity index (χ4v) is 4.70. The average Bonchev–Trinajstić information content (AvgIpc) is 2.90. The van der Waals surface area contributed by atoms with Gasteiger partial charge in [0.1, 0.15) is 0 Å². The first-order valence-corrected chi connectivity index (χ1v) is 8.45. The molecule has 1 aromatic heterocycles. The number of nitrogens with zero attached hydrogens (tertiary/aromatic N) is 2. The van der Waals surface area contributed by atoms with Gasteiger partial charge in [-0.2, -0.15) is 5.10 Å². The van der Waals surface area contributed by atoms with Crippen LogP contribution in [0.25, 0.3) is 10.9 Å². The molecule has 3 atom stereocenters. The highest BCUT2D eigenvalue weighted by atomic mass is 15.3. The van der Waals surface area contributed by atoms with Crippen LogP contribution in [0.15, 0.2) is 24.3 Å². The maximum Gasteiger partial charge on any atom is 0.0718 e. The van der Waals surface area contributed by atoms with E-state index < -0.39 is 0 Å². The van der Waals surface area contributed by atoms with Crippen molar-refractivity contribution in [2.24, 2.45) is 17.8 Å². The molecule has 3 nitrogen and oxygen atoms in total. The predicted octanol–water partition coefficient (Wildman–Crippen LogP) is 3.23. The van der Waals surface area contributed by atoms with Crippen LogP contribution >= 0.6 is 0 Å². The number of nitrogens with one attached hydrogen (secondary N) is 1. The zero-order valence-corrected chi connectivity index (χ0v) is 13.0. The van der Waals surface area contributed by atoms with Crippen LogP contribution in [0.3, 0.4) is 0 Å². The Morgan fingerprint density at radius 1 is 1.29 bits per heavy atom. The maximum atomic E-state index is 4.88. The number of likely N-dealkylation sites (N-methyl/N-ethyl adjacent to an activating group) is 1. The van der Waals surface area contributed by atoms with Crippen molar-refractivity contribution in [2.45, 2.75) is 45.2 Å². The lowest BCUT2D eigenvalue weighted by Gasteiger charge is -2.17. The monoisotopic (exact) mass is 283 g/mol. The predicted molar refractivity (Wildman–Crippen MR) is 86.3 cm³/mol. The number of aromatic nitrogens is 2. The van der Waals surface area contributed by atoms with Gasteiger partial charge >= 0.3 is 0 Å². The smallest absolute Gasteiger partial charge is 0.0718 e. The summed E-state index contributed by atoms with van der Waals surface area (Å²) in [5.74, 6) is 2.90. The lowest BCUT2D eigenvalue weighted by molar-refractivity contribution is 0.424. The molecule has 0 saturated heterocycles. The van der Waals surface area contributed by atoms with Gasteiger partial charge in [-0.15, -0.1) is 0 Å². The van der Waals surface area contributed by atoms with Crippen molar-refractivity contribution in [3.8, 4) is 0 Å². The Balaban J connectivity index is 1.61. The number of hydrogen-bond donors (Lipinski definition) is 1. The standard InChI is InChI=1S/C18H25N3/c1-3-21-17-10-5-4-7-14(17)15(20-21)11-16(19-2)18-12-8-6-9-13(12)18/h4-5,7,10,12-13,16,18-19H,3,6,8-9,11H2,1-2H3. The van der Waals surface area contributed by atoms with Crippen LogP contribution in [0.2, 0.25) is 0 Å². The molecule has 0 bridgehead atoms. The molecule has 3 unspecified atom stereocenters. The van der Waals surface area contributed by atoms with E-state index >= 15 is 0 Å². The molecule has 1 heterocycles. The van der Waals surface area contributed by atoms with Crippen LogP contribution in [0.4, 0.5) is 0 Å². The zero-order chi connectivity index (χ0) is 14.4. The molecular formula is C18H25N3. The minimum Gasteiger partial charge on any atom is -0.316 e. The zero-order valence-electron chi connectivity index (χ0n) is 13.0. The molecule has 3 heteroatoms. The lowest BCUT2D eigenvalue weighted by Crippen LogP contribution is -2.31. The van der Waals surface area contributed by atoms with Gasteiger partial charge in [-0.1, -0.05) is 24.6 Å². The van der Waals surface area contributed by atoms with Crippen LogP contribution in [-0.4, -0.2) is 22.9 Å². The van der Waals surface area contributed by atoms with E-state index in [1.807, 2.05) is 0 Å². The Morgan fingerprint density at radius 3 is 2.76 bits per heavy atom. The highest BCUT2D eigenvalue weighted by Gasteiger charge is 2.55. The highest BCUT2D eigenvalue weighted by Crippen LogP contribution is 2.59. The third-order valence-corrected chi connectivity index (χ3v) is 5.76. The number of fused-ring (bicyclic) bond motifs is 2. The van der Waals surface area contributed by atoms with E-state index in [1.54, 1.807) is 0 Å². The van der Waals surface area contributed by atoms with Gasteiger partial charge in [0.05, 0.1) is 11.2 Å². The molecule has 2 saturated carbocycles. The van der Waals surface area contributed by atoms with E-state index in [9.17, 15) is 0 Å². The molecule has 2 aliphatic carbocycles. The van der Waals surface area contributed by atoms with Crippen molar-refractivity contribution in [1.82, 2.24) is 15.1 Å². The largest absolute Gasteiger partial charge is 0.316 e. The maximum absolute atomic E-state index is 4.88. The average molecular weight is 283 g/mol. The molecule has 0 amide bonds. The third-order valence-electron chi connectivity index (χ3n) is 5.76. The summed E-state index contributed by atoms with van der Waals surface area (Å²) in [7, 11) is 2.12. The second kappa shape index (κ2) is 5.13. The number of para-hydroxylation sites is 1. The SMILES string of the molecule is CCn1nc(CC(NC)C2C3CCCC32)c2ccccc21. The van der Waals surface area contributed by atoms with E-state index in [0.29, 0.717) is 6.04 Å². The molecule has 21 heavy (non-hydrogen) atoms. The second-order valence-electron chi connectivity index (χ2n) is 6.71. The molecule has 2 fully saturated rings. The summed E-state index contributed by atoms with van der Waals surface area (Å²) in [5.41, 5.74) is 2.55. The number of aryl methyl sites for hydroxylation is 1. The van der Waals surface area contributed by atoms with Gasteiger partial charge in [-0.25, -0.2) is 0 Å². The summed E-state index contributed by atoms with van der Waals surface area (Å²) in [5, 5.41) is 9.80. The minimum atomic E-state index is 0.601. The minimum absolute atomic E-state index is 0.601. The summed E-state index contributed by atoms with van der Waals surface area (Å²) in [6.07, 6.45) is 5.44. The van der Waals surface area contributed by atoms with Gasteiger partial charge in [0, 0.05) is 24.4 Å². The highest BCUT2D eigenvalue weighted by molar-refractivity contribution is 5.82. The van der Waals surface area contributed by atoms with Crippen LogP contribution in [-0.2, 0) is 13.0 Å². The van der Waals surface area contributed by atoms with Gasteiger partial charge < -0.3 is 5.32 Å². The summed E-state index contributed by atoms with van der Waals surface area (Å²) in [6, 6.07) is 9.26. The summed E-state index contributed by atoms with van der Waals surface area (Å²) in [6.45, 7) is 3.11. The first-order valence-electron chi connectivity index (χ1n) is 8.45. The number of rotatable bonds is 5. The van der Waals surface area contributed by atoms with Crippen molar-refractivity contribution in [3.63, 3.8) is 0 Å². The van der Waals surface area contributed by atoms with E-state index in [0.717, 1.165) is 30.7 Å². The normalized spacial score (nSPS) is 28.8. The number of hydrogen-bond acceptors (Lipinski definition) is 2. The molecule has 0 radical (unpaired) electrons. The Labute approximate surface area is 126 Å². The van der Waals surface area contributed by atoms with Crippen LogP contribution in [0.1, 0.15) is 31.9 Å². The molecule has 2 aliphatic rings. The molecule has 112 valence electrons. The van der Waals surface area contributed by atoms with Gasteiger partial charge in [0.15, 0.2) is 0 Å². The Kier molecular flexibility index (Phi) is 3.26.